The normalized spacial score (nSPS) is 15.4. The van der Waals surface area contributed by atoms with E-state index in [2.05, 4.69) is 18.9 Å². The molecular weight excluding hydrogens is 141 g/mol. The molecule has 7 heavy (non-hydrogen) atoms. The van der Waals surface area contributed by atoms with Gasteiger partial charge in [-0.1, -0.05) is 43.5 Å². The molecule has 0 rings (SSSR count). The van der Waals surface area contributed by atoms with E-state index in [1.165, 1.54) is 0 Å². The molecule has 0 aliphatic heterocycles. The summed E-state index contributed by atoms with van der Waals surface area (Å²) in [7, 11) is 3.48. The summed E-state index contributed by atoms with van der Waals surface area (Å²) >= 11 is 0. The predicted molar refractivity (Wildman–Crippen MR) is 45.9 cm³/mol. The summed E-state index contributed by atoms with van der Waals surface area (Å²) in [5.41, 5.74) is 0. The summed E-state index contributed by atoms with van der Waals surface area (Å²) in [5, 5.41) is 0.569. The fourth-order valence-corrected chi connectivity index (χ4v) is 1.56. The second kappa shape index (κ2) is 4.66. The zero-order valence-electron chi connectivity index (χ0n) is 4.04. The summed E-state index contributed by atoms with van der Waals surface area (Å²) in [4.78, 5) is 0. The molecule has 0 saturated carbocycles. The van der Waals surface area contributed by atoms with Crippen molar-refractivity contribution in [3.05, 3.63) is 0 Å². The molecule has 0 radical (unpaired) electrons. The van der Waals surface area contributed by atoms with Crippen molar-refractivity contribution in [3.63, 3.8) is 0 Å². The molecule has 0 aromatic rings. The van der Waals surface area contributed by atoms with Crippen LogP contribution in [-0.4, -0.2) is 24.0 Å². The number of rotatable bonds is 3. The molecule has 0 nitrogen and oxygen atoms in total. The molecule has 0 aromatic carbocycles. The van der Waals surface area contributed by atoms with Gasteiger partial charge >= 0.3 is 0 Å². The zero-order chi connectivity index (χ0) is 5.70. The number of hydrogen-bond donors (Lipinski definition) is 0. The minimum Gasteiger partial charge on any atom is -0.0907 e. The zero-order valence-corrected chi connectivity index (χ0v) is 6.72. The van der Waals surface area contributed by atoms with Gasteiger partial charge in [0.15, 0.2) is 0 Å². The highest BCUT2D eigenvalue weighted by atomic mass is 31.2. The van der Waals surface area contributed by atoms with Gasteiger partial charge in [-0.05, 0) is 0 Å². The third-order valence-corrected chi connectivity index (χ3v) is 4.41. The van der Waals surface area contributed by atoms with Crippen molar-refractivity contribution in [2.75, 3.05) is 0 Å². The van der Waals surface area contributed by atoms with Crippen LogP contribution in [0.2, 0.25) is 0 Å². The smallest absolute Gasteiger partial charge is 0.0824 e. The van der Waals surface area contributed by atoms with Crippen molar-refractivity contribution in [3.8, 4) is 0 Å². The van der Waals surface area contributed by atoms with Gasteiger partial charge in [-0.2, -0.15) is 0 Å². The third kappa shape index (κ3) is 3.12. The van der Waals surface area contributed by atoms with Crippen molar-refractivity contribution >= 4 is 43.5 Å². The average Bonchev–Trinajstić information content (AvgIpc) is 1.72. The van der Waals surface area contributed by atoms with Crippen molar-refractivity contribution in [1.29, 1.82) is 0 Å². The Balaban J connectivity index is 3.57. The second-order valence-corrected chi connectivity index (χ2v) is 4.76. The number of hydrogen-bond acceptors (Lipinski definition) is 0. The van der Waals surface area contributed by atoms with Crippen molar-refractivity contribution in [2.24, 2.45) is 0 Å². The Morgan fingerprint density at radius 1 is 0.857 bits per heavy atom. The Labute approximate surface area is 49.4 Å². The van der Waals surface area contributed by atoms with Crippen LogP contribution in [0, 0.1) is 0 Å². The standard InChI is InChI=1S/C4H7P3/c1-5-4(6-2)7-3/h4H,1-3H2. The lowest BCUT2D eigenvalue weighted by Gasteiger charge is -1.89. The van der Waals surface area contributed by atoms with Crippen LogP contribution in [0.4, 0.5) is 0 Å². The Hall–Kier alpha value is 0.510. The molecule has 0 aliphatic carbocycles. The van der Waals surface area contributed by atoms with E-state index >= 15 is 0 Å². The predicted octanol–water partition coefficient (Wildman–Crippen LogP) is 2.40. The van der Waals surface area contributed by atoms with E-state index in [9.17, 15) is 0 Å². The maximum atomic E-state index is 3.71. The van der Waals surface area contributed by atoms with Crippen LogP contribution < -0.4 is 0 Å². The molecule has 0 amide bonds. The monoisotopic (exact) mass is 148 g/mol. The van der Waals surface area contributed by atoms with E-state index in [-0.39, 0.29) is 0 Å². The summed E-state index contributed by atoms with van der Waals surface area (Å²) < 4.78 is 0. The molecule has 0 bridgehead atoms. The summed E-state index contributed by atoms with van der Waals surface area (Å²) in [6.45, 7) is 0. The first-order valence-electron chi connectivity index (χ1n) is 1.72. The summed E-state index contributed by atoms with van der Waals surface area (Å²) in [6.07, 6.45) is 11.1. The van der Waals surface area contributed by atoms with Crippen molar-refractivity contribution in [1.82, 2.24) is 0 Å². The molecule has 0 aromatic heterocycles. The van der Waals surface area contributed by atoms with Crippen LogP contribution in [-0.2, 0) is 0 Å². The first kappa shape index (κ1) is 7.51. The van der Waals surface area contributed by atoms with Crippen LogP contribution in [0.1, 0.15) is 0 Å². The van der Waals surface area contributed by atoms with Gasteiger partial charge < -0.3 is 0 Å². The molecule has 0 heterocycles. The van der Waals surface area contributed by atoms with Gasteiger partial charge in [0.2, 0.25) is 0 Å². The highest BCUT2D eigenvalue weighted by Crippen LogP contribution is 2.27. The molecule has 0 spiro atoms. The lowest BCUT2D eigenvalue weighted by molar-refractivity contribution is 2.09. The van der Waals surface area contributed by atoms with E-state index in [0.29, 0.717) is 5.14 Å². The fourth-order valence-electron chi connectivity index (χ4n) is 0.173. The Bertz CT molecular complexity index is 67.9. The molecule has 0 aliphatic rings. The molecular formula is C4H7P3. The van der Waals surface area contributed by atoms with E-state index in [1.54, 1.807) is 0 Å². The van der Waals surface area contributed by atoms with Gasteiger partial charge in [-0.15, -0.1) is 0 Å². The van der Waals surface area contributed by atoms with Gasteiger partial charge in [0, 0.05) is 0 Å². The Morgan fingerprint density at radius 3 is 1.14 bits per heavy atom. The van der Waals surface area contributed by atoms with Crippen LogP contribution >= 0.6 is 24.6 Å². The average molecular weight is 148 g/mol. The lowest BCUT2D eigenvalue weighted by atomic mass is 11.8. The minimum absolute atomic E-state index is 0.569. The molecule has 3 heteroatoms. The van der Waals surface area contributed by atoms with Gasteiger partial charge in [0.05, 0.1) is 5.14 Å². The lowest BCUT2D eigenvalue weighted by Crippen LogP contribution is -1.62. The quantitative estimate of drug-likeness (QED) is 0.539. The first-order chi connectivity index (χ1) is 3.35. The van der Waals surface area contributed by atoms with Gasteiger partial charge in [0.1, 0.15) is 0 Å². The molecule has 0 unspecified atom stereocenters. The van der Waals surface area contributed by atoms with Gasteiger partial charge in [-0.3, -0.25) is 0 Å². The molecule has 0 N–H and O–H groups in total. The SMILES string of the molecule is C=PC(P=C)P=C. The highest BCUT2D eigenvalue weighted by Gasteiger charge is 1.86. The van der Waals surface area contributed by atoms with Crippen LogP contribution in [0.3, 0.4) is 0 Å². The van der Waals surface area contributed by atoms with Crippen LogP contribution in [0.5, 0.6) is 0 Å². The Kier molecular flexibility index (Phi) is 5.00. The fraction of sp³-hybridized carbons (Fsp3) is 0.250. The molecule has 0 fully saturated rings. The third-order valence-electron chi connectivity index (χ3n) is 0.490. The van der Waals surface area contributed by atoms with E-state index in [4.69, 9.17) is 0 Å². The molecule has 38 valence electrons. The van der Waals surface area contributed by atoms with E-state index in [1.807, 2.05) is 0 Å². The minimum atomic E-state index is 0.569. The summed E-state index contributed by atoms with van der Waals surface area (Å²) in [6, 6.07) is 0. The maximum absolute atomic E-state index is 3.71. The van der Waals surface area contributed by atoms with Crippen LogP contribution in [0.15, 0.2) is 0 Å². The second-order valence-electron chi connectivity index (χ2n) is 0.894. The maximum Gasteiger partial charge on any atom is 0.0824 e. The van der Waals surface area contributed by atoms with Crippen LogP contribution in [0.25, 0.3) is 0 Å². The topological polar surface area (TPSA) is 0 Å². The highest BCUT2D eigenvalue weighted by molar-refractivity contribution is 7.71. The van der Waals surface area contributed by atoms with Gasteiger partial charge in [-0.25, -0.2) is 0 Å². The van der Waals surface area contributed by atoms with E-state index in [0.717, 1.165) is 24.6 Å². The van der Waals surface area contributed by atoms with Crippen molar-refractivity contribution < 1.29 is 0 Å². The Morgan fingerprint density at radius 2 is 1.14 bits per heavy atom. The molecule has 0 atom stereocenters. The first-order valence-corrected chi connectivity index (χ1v) is 5.17. The van der Waals surface area contributed by atoms with Gasteiger partial charge in [0.25, 0.3) is 0 Å². The van der Waals surface area contributed by atoms with Crippen molar-refractivity contribution in [2.45, 2.75) is 5.14 Å². The van der Waals surface area contributed by atoms with E-state index < -0.39 is 0 Å². The molecule has 0 saturated heterocycles. The summed E-state index contributed by atoms with van der Waals surface area (Å²) in [5.74, 6) is 0. The largest absolute Gasteiger partial charge is 0.0907 e.